The molecule has 1 N–H and O–H groups in total. The third-order valence-corrected chi connectivity index (χ3v) is 7.39. The van der Waals surface area contributed by atoms with Gasteiger partial charge in [0.25, 0.3) is 0 Å². The molecule has 0 aromatic rings. The molecule has 0 aliphatic heterocycles. The Labute approximate surface area is 127 Å². The summed E-state index contributed by atoms with van der Waals surface area (Å²) in [5.74, 6) is 2.06. The minimum atomic E-state index is -0.0696. The highest BCUT2D eigenvalue weighted by Gasteiger charge is 2.54. The highest BCUT2D eigenvalue weighted by atomic mass is 16.3. The Morgan fingerprint density at radius 1 is 1.10 bits per heavy atom. The van der Waals surface area contributed by atoms with E-state index in [0.717, 1.165) is 38.0 Å². The van der Waals surface area contributed by atoms with Gasteiger partial charge in [0.05, 0.1) is 12.1 Å². The van der Waals surface area contributed by atoms with Gasteiger partial charge in [-0.05, 0) is 81.0 Å². The number of hydrogen-bond acceptors (Lipinski definition) is 3. The predicted molar refractivity (Wildman–Crippen MR) is 82.7 cm³/mol. The summed E-state index contributed by atoms with van der Waals surface area (Å²) in [4.78, 5) is 11.2. The SMILES string of the molecule is C[C@]12CCC3=C4CCC(O)CC4CC[C@H]3[C@@H]1CCC2N=O. The van der Waals surface area contributed by atoms with Gasteiger partial charge in [0, 0.05) is 0 Å². The third kappa shape index (κ3) is 1.96. The van der Waals surface area contributed by atoms with Crippen molar-refractivity contribution < 1.29 is 5.11 Å². The maximum atomic E-state index is 11.2. The van der Waals surface area contributed by atoms with Crippen molar-refractivity contribution in [2.45, 2.75) is 76.9 Å². The summed E-state index contributed by atoms with van der Waals surface area (Å²) in [7, 11) is 0. The predicted octanol–water partition coefficient (Wildman–Crippen LogP) is 4.20. The van der Waals surface area contributed by atoms with Crippen LogP contribution in [0.1, 0.15) is 64.7 Å². The molecule has 0 radical (unpaired) electrons. The molecule has 3 saturated carbocycles. The fourth-order valence-corrected chi connectivity index (χ4v) is 6.25. The largest absolute Gasteiger partial charge is 0.393 e. The van der Waals surface area contributed by atoms with Crippen LogP contribution in [-0.2, 0) is 0 Å². The summed E-state index contributed by atoms with van der Waals surface area (Å²) >= 11 is 0. The number of nitrogens with zero attached hydrogens (tertiary/aromatic N) is 1. The molecule has 0 amide bonds. The lowest BCUT2D eigenvalue weighted by molar-refractivity contribution is 0.0768. The van der Waals surface area contributed by atoms with E-state index in [1.807, 2.05) is 0 Å². The lowest BCUT2D eigenvalue weighted by Gasteiger charge is -2.49. The first-order valence-corrected chi connectivity index (χ1v) is 8.86. The molecule has 3 unspecified atom stereocenters. The van der Waals surface area contributed by atoms with Crippen molar-refractivity contribution in [1.29, 1.82) is 0 Å². The molecular weight excluding hydrogens is 262 g/mol. The van der Waals surface area contributed by atoms with Gasteiger partial charge in [-0.15, -0.1) is 0 Å². The summed E-state index contributed by atoms with van der Waals surface area (Å²) in [6.07, 6.45) is 10.1. The minimum absolute atomic E-state index is 0.0555. The van der Waals surface area contributed by atoms with Crippen molar-refractivity contribution in [2.75, 3.05) is 0 Å². The van der Waals surface area contributed by atoms with Gasteiger partial charge in [-0.2, -0.15) is 4.91 Å². The average Bonchev–Trinajstić information content (AvgIpc) is 2.83. The lowest BCUT2D eigenvalue weighted by Crippen LogP contribution is -2.42. The molecule has 4 aliphatic rings. The van der Waals surface area contributed by atoms with Gasteiger partial charge in [-0.1, -0.05) is 23.2 Å². The third-order valence-electron chi connectivity index (χ3n) is 7.39. The Morgan fingerprint density at radius 3 is 2.76 bits per heavy atom. The normalized spacial score (nSPS) is 49.3. The van der Waals surface area contributed by atoms with Crippen LogP contribution in [0.2, 0.25) is 0 Å². The van der Waals surface area contributed by atoms with Crippen molar-refractivity contribution >= 4 is 0 Å². The molecule has 0 aromatic carbocycles. The Kier molecular flexibility index (Phi) is 3.25. The standard InChI is InChI=1S/C18H27NO2/c1-18-9-8-14-13-5-3-12(20)10-11(13)2-4-15(14)16(18)6-7-17(18)19-21/h11-12,15-17,20H,2-10H2,1H3/t11?,12?,15-,16+,17?,18+/m1/s1. The highest BCUT2D eigenvalue weighted by Crippen LogP contribution is 2.61. The molecule has 3 heteroatoms. The van der Waals surface area contributed by atoms with Crippen LogP contribution in [0.4, 0.5) is 0 Å². The molecule has 4 rings (SSSR count). The van der Waals surface area contributed by atoms with Crippen LogP contribution in [0.3, 0.4) is 0 Å². The van der Waals surface area contributed by atoms with Crippen LogP contribution < -0.4 is 0 Å². The number of nitroso groups, excluding NO2 is 1. The summed E-state index contributed by atoms with van der Waals surface area (Å²) in [5.41, 5.74) is 3.62. The van der Waals surface area contributed by atoms with Gasteiger partial charge in [-0.25, -0.2) is 0 Å². The monoisotopic (exact) mass is 289 g/mol. The van der Waals surface area contributed by atoms with Crippen molar-refractivity contribution in [2.24, 2.45) is 28.3 Å². The van der Waals surface area contributed by atoms with E-state index in [1.165, 1.54) is 25.7 Å². The summed E-state index contributed by atoms with van der Waals surface area (Å²) in [5, 5.41) is 13.4. The van der Waals surface area contributed by atoms with E-state index in [-0.39, 0.29) is 17.6 Å². The molecule has 3 fully saturated rings. The van der Waals surface area contributed by atoms with Crippen LogP contribution >= 0.6 is 0 Å². The zero-order valence-corrected chi connectivity index (χ0v) is 13.1. The molecule has 0 spiro atoms. The molecular formula is C18H27NO2. The fourth-order valence-electron chi connectivity index (χ4n) is 6.25. The van der Waals surface area contributed by atoms with Crippen molar-refractivity contribution in [1.82, 2.24) is 0 Å². The van der Waals surface area contributed by atoms with Gasteiger partial charge in [0.1, 0.15) is 0 Å². The molecule has 3 nitrogen and oxygen atoms in total. The van der Waals surface area contributed by atoms with E-state index >= 15 is 0 Å². The number of allylic oxidation sites excluding steroid dienone is 2. The van der Waals surface area contributed by atoms with Gasteiger partial charge in [0.15, 0.2) is 0 Å². The quantitative estimate of drug-likeness (QED) is 0.581. The zero-order chi connectivity index (χ0) is 14.6. The molecule has 0 saturated heterocycles. The highest BCUT2D eigenvalue weighted by molar-refractivity contribution is 5.29. The summed E-state index contributed by atoms with van der Waals surface area (Å²) in [6.45, 7) is 2.33. The Bertz CT molecular complexity index is 486. The van der Waals surface area contributed by atoms with E-state index < -0.39 is 0 Å². The maximum absolute atomic E-state index is 11.2. The topological polar surface area (TPSA) is 49.7 Å². The number of rotatable bonds is 1. The number of aliphatic hydroxyl groups is 1. The molecule has 4 aliphatic carbocycles. The van der Waals surface area contributed by atoms with Crippen molar-refractivity contribution in [3.8, 4) is 0 Å². The number of fused-ring (bicyclic) bond motifs is 4. The van der Waals surface area contributed by atoms with E-state index in [9.17, 15) is 10.0 Å². The Hall–Kier alpha value is -0.700. The van der Waals surface area contributed by atoms with Crippen LogP contribution in [0.25, 0.3) is 0 Å². The summed E-state index contributed by atoms with van der Waals surface area (Å²) in [6, 6.07) is 0.0555. The fraction of sp³-hybridized carbons (Fsp3) is 0.889. The first-order chi connectivity index (χ1) is 10.1. The molecule has 116 valence electrons. The summed E-state index contributed by atoms with van der Waals surface area (Å²) < 4.78 is 0. The van der Waals surface area contributed by atoms with E-state index in [2.05, 4.69) is 12.1 Å². The number of aliphatic hydroxyl groups excluding tert-OH is 1. The smallest absolute Gasteiger partial charge is 0.0976 e. The average molecular weight is 289 g/mol. The van der Waals surface area contributed by atoms with E-state index in [1.54, 1.807) is 11.1 Å². The second-order valence-corrected chi connectivity index (χ2v) is 8.17. The Morgan fingerprint density at radius 2 is 1.95 bits per heavy atom. The molecule has 21 heavy (non-hydrogen) atoms. The lowest BCUT2D eigenvalue weighted by atomic mass is 9.56. The molecule has 0 bridgehead atoms. The zero-order valence-electron chi connectivity index (χ0n) is 13.1. The Balaban J connectivity index is 1.66. The first-order valence-electron chi connectivity index (χ1n) is 8.86. The van der Waals surface area contributed by atoms with Crippen LogP contribution in [0, 0.1) is 28.1 Å². The maximum Gasteiger partial charge on any atom is 0.0976 e. The molecule has 6 atom stereocenters. The second kappa shape index (κ2) is 4.91. The van der Waals surface area contributed by atoms with Crippen molar-refractivity contribution in [3.63, 3.8) is 0 Å². The van der Waals surface area contributed by atoms with E-state index in [4.69, 9.17) is 0 Å². The molecule has 0 aromatic heterocycles. The van der Waals surface area contributed by atoms with E-state index in [0.29, 0.717) is 11.8 Å². The van der Waals surface area contributed by atoms with Crippen LogP contribution in [0.5, 0.6) is 0 Å². The molecule has 0 heterocycles. The minimum Gasteiger partial charge on any atom is -0.393 e. The van der Waals surface area contributed by atoms with Gasteiger partial charge in [0.2, 0.25) is 0 Å². The van der Waals surface area contributed by atoms with Crippen molar-refractivity contribution in [3.05, 3.63) is 16.1 Å². The van der Waals surface area contributed by atoms with Crippen LogP contribution in [0.15, 0.2) is 16.3 Å². The number of hydrogen-bond donors (Lipinski definition) is 1. The second-order valence-electron chi connectivity index (χ2n) is 8.17. The van der Waals surface area contributed by atoms with Gasteiger partial charge in [-0.3, -0.25) is 0 Å². The van der Waals surface area contributed by atoms with Gasteiger partial charge >= 0.3 is 0 Å². The first kappa shape index (κ1) is 13.9. The van der Waals surface area contributed by atoms with Gasteiger partial charge < -0.3 is 5.11 Å². The van der Waals surface area contributed by atoms with Crippen LogP contribution in [-0.4, -0.2) is 17.3 Å².